The van der Waals surface area contributed by atoms with E-state index < -0.39 is 10.9 Å². The molecule has 1 rings (SSSR count). The van der Waals surface area contributed by atoms with Crippen molar-refractivity contribution in [3.63, 3.8) is 0 Å². The standard InChI is InChI=1S/C9H10BrN3O4/c1-6(3-8(14)17-2)4-12-5-7(10)9(11-12)13(15)16/h3,5H,4H2,1-2H3. The summed E-state index contributed by atoms with van der Waals surface area (Å²) < 4.78 is 6.13. The van der Waals surface area contributed by atoms with E-state index in [2.05, 4.69) is 25.8 Å². The third-order valence-corrected chi connectivity index (χ3v) is 2.41. The maximum absolute atomic E-state index is 10.9. The second kappa shape index (κ2) is 5.58. The molecule has 0 aromatic carbocycles. The SMILES string of the molecule is COC(=O)C=C(C)Cn1cc(Br)c([N+](=O)[O-])n1. The minimum absolute atomic E-state index is 0.254. The lowest BCUT2D eigenvalue weighted by Gasteiger charge is -1.97. The van der Waals surface area contributed by atoms with E-state index in [4.69, 9.17) is 0 Å². The maximum atomic E-state index is 10.9. The Bertz CT molecular complexity index is 481. The van der Waals surface area contributed by atoms with E-state index in [9.17, 15) is 14.9 Å². The van der Waals surface area contributed by atoms with E-state index in [0.29, 0.717) is 10.0 Å². The number of carbonyl (C=O) groups is 1. The first-order valence-electron chi connectivity index (χ1n) is 4.56. The summed E-state index contributed by atoms with van der Waals surface area (Å²) in [5, 5.41) is 14.3. The van der Waals surface area contributed by atoms with E-state index in [1.165, 1.54) is 24.1 Å². The fourth-order valence-electron chi connectivity index (χ4n) is 1.15. The molecule has 0 aliphatic rings. The molecule has 0 atom stereocenters. The van der Waals surface area contributed by atoms with Gasteiger partial charge in [-0.1, -0.05) is 0 Å². The van der Waals surface area contributed by atoms with Gasteiger partial charge in [-0.2, -0.15) is 4.68 Å². The average Bonchev–Trinajstić information content (AvgIpc) is 2.59. The zero-order valence-electron chi connectivity index (χ0n) is 9.21. The summed E-state index contributed by atoms with van der Waals surface area (Å²) in [4.78, 5) is 20.9. The molecule has 1 aromatic heterocycles. The molecule has 7 nitrogen and oxygen atoms in total. The molecule has 1 aromatic rings. The van der Waals surface area contributed by atoms with E-state index in [0.717, 1.165) is 0 Å². The molecule has 1 heterocycles. The van der Waals surface area contributed by atoms with Crippen LogP contribution < -0.4 is 0 Å². The predicted octanol–water partition coefficient (Wildman–Crippen LogP) is 1.67. The van der Waals surface area contributed by atoms with Crippen molar-refractivity contribution in [2.24, 2.45) is 0 Å². The second-order valence-corrected chi connectivity index (χ2v) is 4.12. The Morgan fingerprint density at radius 1 is 1.76 bits per heavy atom. The highest BCUT2D eigenvalue weighted by Crippen LogP contribution is 2.22. The van der Waals surface area contributed by atoms with Crippen molar-refractivity contribution < 1.29 is 14.5 Å². The quantitative estimate of drug-likeness (QED) is 0.365. The molecule has 0 N–H and O–H groups in total. The van der Waals surface area contributed by atoms with E-state index in [1.54, 1.807) is 6.92 Å². The minimum Gasteiger partial charge on any atom is -0.466 e. The molecule has 0 saturated heterocycles. The summed E-state index contributed by atoms with van der Waals surface area (Å²) in [6, 6.07) is 0. The molecule has 92 valence electrons. The second-order valence-electron chi connectivity index (χ2n) is 3.27. The highest BCUT2D eigenvalue weighted by Gasteiger charge is 2.18. The van der Waals surface area contributed by atoms with Gasteiger partial charge in [-0.25, -0.2) is 4.79 Å². The Morgan fingerprint density at radius 3 is 2.88 bits per heavy atom. The van der Waals surface area contributed by atoms with Crippen LogP contribution in [0.1, 0.15) is 6.92 Å². The van der Waals surface area contributed by atoms with Gasteiger partial charge in [0.05, 0.1) is 25.0 Å². The van der Waals surface area contributed by atoms with Gasteiger partial charge in [0.25, 0.3) is 0 Å². The van der Waals surface area contributed by atoms with E-state index in [1.807, 2.05) is 0 Å². The third-order valence-electron chi connectivity index (χ3n) is 1.85. The summed E-state index contributed by atoms with van der Waals surface area (Å²) in [6.45, 7) is 1.99. The Hall–Kier alpha value is -1.70. The number of hydrogen-bond donors (Lipinski definition) is 0. The first-order chi connectivity index (χ1) is 7.93. The van der Waals surface area contributed by atoms with Crippen molar-refractivity contribution in [1.29, 1.82) is 0 Å². The average molecular weight is 304 g/mol. The summed E-state index contributed by atoms with van der Waals surface area (Å²) in [5.41, 5.74) is 0.682. The van der Waals surface area contributed by atoms with Crippen LogP contribution in [-0.2, 0) is 16.1 Å². The summed E-state index contributed by atoms with van der Waals surface area (Å²) >= 11 is 3.04. The topological polar surface area (TPSA) is 87.3 Å². The number of ether oxygens (including phenoxy) is 1. The van der Waals surface area contributed by atoms with Crippen LogP contribution in [0.5, 0.6) is 0 Å². The molecule has 0 unspecified atom stereocenters. The van der Waals surface area contributed by atoms with Crippen molar-refractivity contribution in [2.45, 2.75) is 13.5 Å². The van der Waals surface area contributed by atoms with Crippen LogP contribution in [0.15, 0.2) is 22.3 Å². The van der Waals surface area contributed by atoms with Crippen molar-refractivity contribution in [2.75, 3.05) is 7.11 Å². The normalized spacial score (nSPS) is 11.4. The van der Waals surface area contributed by atoms with Gasteiger partial charge in [0.2, 0.25) is 0 Å². The van der Waals surface area contributed by atoms with Crippen LogP contribution in [0.4, 0.5) is 5.82 Å². The van der Waals surface area contributed by atoms with E-state index in [-0.39, 0.29) is 12.4 Å². The van der Waals surface area contributed by atoms with Crippen molar-refractivity contribution >= 4 is 27.7 Å². The van der Waals surface area contributed by atoms with Crippen LogP contribution >= 0.6 is 15.9 Å². The predicted molar refractivity (Wildman–Crippen MR) is 62.4 cm³/mol. The molecule has 8 heteroatoms. The van der Waals surface area contributed by atoms with Crippen LogP contribution in [0.25, 0.3) is 0 Å². The van der Waals surface area contributed by atoms with Gasteiger partial charge in [0, 0.05) is 6.08 Å². The number of aromatic nitrogens is 2. The molecule has 0 saturated carbocycles. The smallest absolute Gasteiger partial charge is 0.404 e. The first-order valence-corrected chi connectivity index (χ1v) is 5.35. The third kappa shape index (κ3) is 3.66. The number of halogens is 1. The van der Waals surface area contributed by atoms with E-state index >= 15 is 0 Å². The molecule has 0 fully saturated rings. The van der Waals surface area contributed by atoms with Gasteiger partial charge in [0.1, 0.15) is 4.47 Å². The molecule has 0 aliphatic carbocycles. The molecular formula is C9H10BrN3O4. The number of allylic oxidation sites excluding steroid dienone is 1. The molecule has 0 radical (unpaired) electrons. The largest absolute Gasteiger partial charge is 0.466 e. The molecule has 0 aliphatic heterocycles. The molecule has 17 heavy (non-hydrogen) atoms. The zero-order chi connectivity index (χ0) is 13.0. The van der Waals surface area contributed by atoms with Crippen LogP contribution in [0, 0.1) is 10.1 Å². The lowest BCUT2D eigenvalue weighted by atomic mass is 10.3. The maximum Gasteiger partial charge on any atom is 0.404 e. The lowest BCUT2D eigenvalue weighted by Crippen LogP contribution is -2.03. The Balaban J connectivity index is 2.82. The Kier molecular flexibility index (Phi) is 4.38. The van der Waals surface area contributed by atoms with Crippen molar-refractivity contribution in [3.05, 3.63) is 32.4 Å². The molecule has 0 amide bonds. The Labute approximate surface area is 105 Å². The lowest BCUT2D eigenvalue weighted by molar-refractivity contribution is -0.390. The van der Waals surface area contributed by atoms with Gasteiger partial charge in [-0.05, 0) is 33.4 Å². The first kappa shape index (κ1) is 13.4. The fourth-order valence-corrected chi connectivity index (χ4v) is 1.61. The van der Waals surface area contributed by atoms with Gasteiger partial charge < -0.3 is 14.9 Å². The van der Waals surface area contributed by atoms with Gasteiger partial charge in [-0.15, -0.1) is 0 Å². The highest BCUT2D eigenvalue weighted by molar-refractivity contribution is 9.10. The van der Waals surface area contributed by atoms with Crippen molar-refractivity contribution in [1.82, 2.24) is 9.78 Å². The summed E-state index contributed by atoms with van der Waals surface area (Å²) in [7, 11) is 1.28. The highest BCUT2D eigenvalue weighted by atomic mass is 79.9. The number of methoxy groups -OCH3 is 1. The van der Waals surface area contributed by atoms with Crippen LogP contribution in [-0.4, -0.2) is 27.8 Å². The number of hydrogen-bond acceptors (Lipinski definition) is 5. The monoisotopic (exact) mass is 303 g/mol. The summed E-state index contributed by atoms with van der Waals surface area (Å²) in [6.07, 6.45) is 2.79. The van der Waals surface area contributed by atoms with Gasteiger partial charge in [-0.3, -0.25) is 0 Å². The number of esters is 1. The summed E-state index contributed by atoms with van der Waals surface area (Å²) in [5.74, 6) is -0.723. The zero-order valence-corrected chi connectivity index (χ0v) is 10.8. The molecular weight excluding hydrogens is 294 g/mol. The number of nitro groups is 1. The molecule has 0 bridgehead atoms. The number of carbonyl (C=O) groups excluding carboxylic acids is 1. The van der Waals surface area contributed by atoms with Crippen LogP contribution in [0.3, 0.4) is 0 Å². The number of rotatable bonds is 4. The van der Waals surface area contributed by atoms with Gasteiger partial charge >= 0.3 is 11.8 Å². The van der Waals surface area contributed by atoms with Crippen LogP contribution in [0.2, 0.25) is 0 Å². The Morgan fingerprint density at radius 2 is 2.41 bits per heavy atom. The minimum atomic E-state index is -0.583. The number of nitrogens with zero attached hydrogens (tertiary/aromatic N) is 3. The fraction of sp³-hybridized carbons (Fsp3) is 0.333. The van der Waals surface area contributed by atoms with Gasteiger partial charge in [0.15, 0.2) is 0 Å². The molecule has 0 spiro atoms. The van der Waals surface area contributed by atoms with Crippen molar-refractivity contribution in [3.8, 4) is 0 Å².